The zero-order chi connectivity index (χ0) is 26.2. The van der Waals surface area contributed by atoms with Gasteiger partial charge in [0.1, 0.15) is 11.5 Å². The lowest BCUT2D eigenvalue weighted by atomic mass is 10.1. The van der Waals surface area contributed by atoms with E-state index in [1.807, 2.05) is 29.7 Å². The molecule has 37 heavy (non-hydrogen) atoms. The summed E-state index contributed by atoms with van der Waals surface area (Å²) in [7, 11) is -3.26. The van der Waals surface area contributed by atoms with Gasteiger partial charge >= 0.3 is 0 Å². The lowest BCUT2D eigenvalue weighted by Gasteiger charge is -2.15. The van der Waals surface area contributed by atoms with Crippen molar-refractivity contribution in [2.24, 2.45) is 0 Å². The largest absolute Gasteiger partial charge is 0.348 e. The van der Waals surface area contributed by atoms with Crippen LogP contribution in [0.15, 0.2) is 84.0 Å². The van der Waals surface area contributed by atoms with Gasteiger partial charge in [-0.1, -0.05) is 19.1 Å². The Morgan fingerprint density at radius 2 is 1.73 bits per heavy atom. The maximum atomic E-state index is 13.6. The maximum Gasteiger partial charge on any atom is 0.223 e. The number of aromatic nitrogens is 4. The highest BCUT2D eigenvalue weighted by Crippen LogP contribution is 2.33. The Balaban J connectivity index is 1.53. The van der Waals surface area contributed by atoms with E-state index < -0.39 is 9.84 Å². The summed E-state index contributed by atoms with van der Waals surface area (Å²) in [6.45, 7) is 4.05. The zero-order valence-corrected chi connectivity index (χ0v) is 21.5. The second-order valence-electron chi connectivity index (χ2n) is 8.91. The monoisotopic (exact) mass is 515 g/mol. The van der Waals surface area contributed by atoms with Crippen LogP contribution < -0.4 is 5.32 Å². The van der Waals surface area contributed by atoms with E-state index in [0.29, 0.717) is 17.3 Å². The van der Waals surface area contributed by atoms with Gasteiger partial charge in [0, 0.05) is 24.2 Å². The van der Waals surface area contributed by atoms with E-state index in [0.717, 1.165) is 34.5 Å². The number of hydrogen-bond acceptors (Lipinski definition) is 6. The number of fused-ring (bicyclic) bond motifs is 1. The molecule has 0 aliphatic heterocycles. The lowest BCUT2D eigenvalue weighted by Crippen LogP contribution is -2.10. The van der Waals surface area contributed by atoms with Crippen LogP contribution in [-0.4, -0.2) is 34.0 Å². The van der Waals surface area contributed by atoms with Crippen LogP contribution in [0.25, 0.3) is 28.3 Å². The predicted octanol–water partition coefficient (Wildman–Crippen LogP) is 5.74. The van der Waals surface area contributed by atoms with E-state index in [4.69, 9.17) is 9.97 Å². The van der Waals surface area contributed by atoms with Crippen LogP contribution in [0.2, 0.25) is 0 Å². The number of rotatable bonds is 7. The number of anilines is 1. The Morgan fingerprint density at radius 3 is 2.41 bits per heavy atom. The summed E-state index contributed by atoms with van der Waals surface area (Å²) in [5.41, 5.74) is 5.76. The van der Waals surface area contributed by atoms with Gasteiger partial charge in [0.25, 0.3) is 0 Å². The minimum absolute atomic E-state index is 0.172. The summed E-state index contributed by atoms with van der Waals surface area (Å²) < 4.78 is 39.2. The van der Waals surface area contributed by atoms with Crippen LogP contribution in [-0.2, 0) is 16.3 Å². The summed E-state index contributed by atoms with van der Waals surface area (Å²) in [5.74, 6) is 0.108. The molecule has 5 rings (SSSR count). The van der Waals surface area contributed by atoms with Crippen molar-refractivity contribution >= 4 is 21.4 Å². The third-order valence-electron chi connectivity index (χ3n) is 6.27. The molecule has 0 fully saturated rings. The van der Waals surface area contributed by atoms with Crippen molar-refractivity contribution in [3.05, 3.63) is 96.1 Å². The molecule has 7 nitrogen and oxygen atoms in total. The van der Waals surface area contributed by atoms with E-state index in [-0.39, 0.29) is 16.8 Å². The van der Waals surface area contributed by atoms with E-state index in [1.165, 1.54) is 18.4 Å². The first-order valence-corrected chi connectivity index (χ1v) is 13.8. The smallest absolute Gasteiger partial charge is 0.223 e. The van der Waals surface area contributed by atoms with Crippen molar-refractivity contribution in [1.82, 2.24) is 19.4 Å². The molecule has 0 saturated carbocycles. The Kier molecular flexibility index (Phi) is 6.47. The quantitative estimate of drug-likeness (QED) is 0.298. The van der Waals surface area contributed by atoms with E-state index in [9.17, 15) is 12.8 Å². The molecule has 0 bridgehead atoms. The molecule has 0 aliphatic carbocycles. The number of nitrogens with zero attached hydrogens (tertiary/aromatic N) is 4. The second kappa shape index (κ2) is 9.74. The standard InChI is InChI=1S/C28H26FN5O2S/c1-4-19-14-16-34-25(17-19)33-26(21-5-9-22(29)10-6-21)27(34)24-13-15-30-28(32-24)31-18(2)20-7-11-23(12-8-20)37(3,35)36/h5-18H,4H2,1-3H3,(H,30,31,32). The Morgan fingerprint density at radius 1 is 1.00 bits per heavy atom. The van der Waals surface area contributed by atoms with Gasteiger partial charge in [0.05, 0.1) is 28.0 Å². The molecule has 3 heterocycles. The van der Waals surface area contributed by atoms with Crippen molar-refractivity contribution in [2.45, 2.75) is 31.2 Å². The lowest BCUT2D eigenvalue weighted by molar-refractivity contribution is 0.602. The molecule has 3 aromatic heterocycles. The van der Waals surface area contributed by atoms with E-state index in [2.05, 4.69) is 23.3 Å². The van der Waals surface area contributed by atoms with Crippen molar-refractivity contribution in [3.63, 3.8) is 0 Å². The van der Waals surface area contributed by atoms with E-state index >= 15 is 0 Å². The first-order valence-electron chi connectivity index (χ1n) is 11.9. The normalized spacial score (nSPS) is 12.5. The minimum atomic E-state index is -3.26. The number of imidazole rings is 1. The SMILES string of the molecule is CCc1ccn2c(-c3ccnc(NC(C)c4ccc(S(C)(=O)=O)cc4)n3)c(-c3ccc(F)cc3)nc2c1. The van der Waals surface area contributed by atoms with Crippen LogP contribution in [0, 0.1) is 5.82 Å². The topological polar surface area (TPSA) is 89.2 Å². The van der Waals surface area contributed by atoms with Gasteiger partial charge in [0.2, 0.25) is 5.95 Å². The molecular formula is C28H26FN5O2S. The fourth-order valence-corrected chi connectivity index (χ4v) is 4.83. The number of sulfone groups is 1. The fourth-order valence-electron chi connectivity index (χ4n) is 4.20. The van der Waals surface area contributed by atoms with Crippen LogP contribution in [0.4, 0.5) is 10.3 Å². The Bertz CT molecular complexity index is 1680. The van der Waals surface area contributed by atoms with Crippen LogP contribution >= 0.6 is 0 Å². The van der Waals surface area contributed by atoms with Crippen LogP contribution in [0.5, 0.6) is 0 Å². The molecule has 1 N–H and O–H groups in total. The number of aryl methyl sites for hydroxylation is 1. The second-order valence-corrected chi connectivity index (χ2v) is 10.9. The molecule has 5 aromatic rings. The van der Waals surface area contributed by atoms with Gasteiger partial charge in [-0.25, -0.2) is 27.8 Å². The van der Waals surface area contributed by atoms with Crippen LogP contribution in [0.1, 0.15) is 31.0 Å². The molecule has 1 atom stereocenters. The fraction of sp³-hybridized carbons (Fsp3) is 0.179. The molecular weight excluding hydrogens is 489 g/mol. The highest BCUT2D eigenvalue weighted by atomic mass is 32.2. The molecule has 0 amide bonds. The van der Waals surface area contributed by atoms with Gasteiger partial charge < -0.3 is 5.32 Å². The molecule has 2 aromatic carbocycles. The molecule has 188 valence electrons. The summed E-state index contributed by atoms with van der Waals surface area (Å²) in [6, 6.07) is 18.8. The third-order valence-corrected chi connectivity index (χ3v) is 7.40. The first-order chi connectivity index (χ1) is 17.7. The zero-order valence-electron chi connectivity index (χ0n) is 20.7. The summed E-state index contributed by atoms with van der Waals surface area (Å²) >= 11 is 0. The molecule has 0 radical (unpaired) electrons. The van der Waals surface area contributed by atoms with Crippen molar-refractivity contribution < 1.29 is 12.8 Å². The highest BCUT2D eigenvalue weighted by Gasteiger charge is 2.19. The first kappa shape index (κ1) is 24.6. The predicted molar refractivity (Wildman–Crippen MR) is 143 cm³/mol. The molecule has 0 saturated heterocycles. The van der Waals surface area contributed by atoms with Gasteiger partial charge in [-0.2, -0.15) is 0 Å². The van der Waals surface area contributed by atoms with Gasteiger partial charge in [-0.15, -0.1) is 0 Å². The number of nitrogens with one attached hydrogen (secondary N) is 1. The number of benzene rings is 2. The summed E-state index contributed by atoms with van der Waals surface area (Å²) in [4.78, 5) is 14.3. The Hall–Kier alpha value is -4.11. The average Bonchev–Trinajstić information content (AvgIpc) is 3.27. The summed E-state index contributed by atoms with van der Waals surface area (Å²) in [5, 5.41) is 3.30. The van der Waals surface area contributed by atoms with Crippen molar-refractivity contribution in [3.8, 4) is 22.6 Å². The average molecular weight is 516 g/mol. The number of hydrogen-bond donors (Lipinski definition) is 1. The van der Waals surface area contributed by atoms with Crippen LogP contribution in [0.3, 0.4) is 0 Å². The minimum Gasteiger partial charge on any atom is -0.348 e. The summed E-state index contributed by atoms with van der Waals surface area (Å²) in [6.07, 6.45) is 5.73. The van der Waals surface area contributed by atoms with E-state index in [1.54, 1.807) is 42.6 Å². The van der Waals surface area contributed by atoms with Gasteiger partial charge in [-0.3, -0.25) is 4.40 Å². The number of halogens is 1. The Labute approximate surface area is 215 Å². The molecule has 1 unspecified atom stereocenters. The van der Waals surface area contributed by atoms with Gasteiger partial charge in [0.15, 0.2) is 9.84 Å². The van der Waals surface area contributed by atoms with Gasteiger partial charge in [-0.05, 0) is 79.1 Å². The molecule has 9 heteroatoms. The van der Waals surface area contributed by atoms with Crippen molar-refractivity contribution in [1.29, 1.82) is 0 Å². The number of pyridine rings is 1. The third kappa shape index (κ3) is 5.08. The maximum absolute atomic E-state index is 13.6. The molecule has 0 aliphatic rings. The van der Waals surface area contributed by atoms with Crippen molar-refractivity contribution in [2.75, 3.05) is 11.6 Å². The highest BCUT2D eigenvalue weighted by molar-refractivity contribution is 7.90. The molecule has 0 spiro atoms.